The van der Waals surface area contributed by atoms with Crippen LogP contribution < -0.4 is 11.1 Å². The number of nitrogens with one attached hydrogen (secondary N) is 2. The molecule has 0 bridgehead atoms. The summed E-state index contributed by atoms with van der Waals surface area (Å²) < 4.78 is 55.8. The van der Waals surface area contributed by atoms with E-state index in [9.17, 15) is 27.2 Å². The molecule has 0 atom stereocenters. The van der Waals surface area contributed by atoms with E-state index in [0.29, 0.717) is 30.1 Å². The minimum absolute atomic E-state index is 0.114. The molecule has 0 saturated carbocycles. The molecule has 1 fully saturated rings. The van der Waals surface area contributed by atoms with Crippen LogP contribution in [0.5, 0.6) is 0 Å². The lowest BCUT2D eigenvalue weighted by Gasteiger charge is -2.16. The van der Waals surface area contributed by atoms with Crippen molar-refractivity contribution in [1.82, 2.24) is 24.9 Å². The van der Waals surface area contributed by atoms with E-state index >= 15 is 0 Å². The summed E-state index contributed by atoms with van der Waals surface area (Å²) in [6.45, 7) is 1.17. The number of rotatable bonds is 4. The minimum atomic E-state index is -4.83. The Kier molecular flexibility index (Phi) is 5.61. The van der Waals surface area contributed by atoms with Crippen LogP contribution in [0.3, 0.4) is 0 Å². The third-order valence-electron chi connectivity index (χ3n) is 5.91. The highest BCUT2D eigenvalue weighted by Crippen LogP contribution is 2.31. The van der Waals surface area contributed by atoms with E-state index in [2.05, 4.69) is 20.6 Å². The Morgan fingerprint density at radius 1 is 1.06 bits per heavy atom. The number of fused-ring (bicyclic) bond motifs is 1. The molecule has 3 heterocycles. The molecule has 5 rings (SSSR count). The molecule has 1 saturated heterocycles. The zero-order chi connectivity index (χ0) is 25.6. The highest BCUT2D eigenvalue weighted by molar-refractivity contribution is 6.04. The Hall–Kier alpha value is -4.42. The van der Waals surface area contributed by atoms with E-state index in [1.165, 1.54) is 30.3 Å². The van der Waals surface area contributed by atoms with Crippen molar-refractivity contribution in [3.63, 3.8) is 0 Å². The average molecular weight is 501 g/mol. The second-order valence-electron chi connectivity index (χ2n) is 8.31. The molecule has 4 N–H and O–H groups in total. The average Bonchev–Trinajstić information content (AvgIpc) is 3.59. The lowest BCUT2D eigenvalue weighted by atomic mass is 10.1. The van der Waals surface area contributed by atoms with Gasteiger partial charge in [-0.1, -0.05) is 0 Å². The van der Waals surface area contributed by atoms with Crippen molar-refractivity contribution in [2.45, 2.75) is 19.0 Å². The second-order valence-corrected chi connectivity index (χ2v) is 8.31. The number of halogens is 4. The van der Waals surface area contributed by atoms with Gasteiger partial charge < -0.3 is 16.0 Å². The van der Waals surface area contributed by atoms with Crippen molar-refractivity contribution in [3.05, 3.63) is 65.2 Å². The summed E-state index contributed by atoms with van der Waals surface area (Å²) in [6.07, 6.45) is -3.09. The number of hydrogen-bond donors (Lipinski definition) is 3. The maximum Gasteiger partial charge on any atom is 0.435 e. The summed E-state index contributed by atoms with van der Waals surface area (Å²) in [7, 11) is 0. The largest absolute Gasteiger partial charge is 0.435 e. The SMILES string of the molecule is Nc1n[nH]c2ccc(-n3nc(C(F)(F)F)cc3C(=O)Nc3ccc(C(=O)N4CCCC4)cc3F)cc12. The molecule has 9 nitrogen and oxygen atoms in total. The molecular weight excluding hydrogens is 482 g/mol. The predicted octanol–water partition coefficient (Wildman–Crippen LogP) is 3.98. The number of nitrogen functional groups attached to an aromatic ring is 1. The topological polar surface area (TPSA) is 122 Å². The Labute approximate surface area is 200 Å². The third kappa shape index (κ3) is 4.23. The zero-order valence-corrected chi connectivity index (χ0v) is 18.6. The van der Waals surface area contributed by atoms with Gasteiger partial charge in [-0.3, -0.25) is 14.7 Å². The maximum absolute atomic E-state index is 14.8. The van der Waals surface area contributed by atoms with Crippen LogP contribution >= 0.6 is 0 Å². The molecule has 0 radical (unpaired) electrons. The number of alkyl halides is 3. The van der Waals surface area contributed by atoms with E-state index in [1.807, 2.05) is 0 Å². The lowest BCUT2D eigenvalue weighted by molar-refractivity contribution is -0.141. The van der Waals surface area contributed by atoms with Gasteiger partial charge in [0.1, 0.15) is 11.5 Å². The Balaban J connectivity index is 1.47. The fourth-order valence-electron chi connectivity index (χ4n) is 4.07. The summed E-state index contributed by atoms with van der Waals surface area (Å²) in [5.74, 6) is -2.14. The van der Waals surface area contributed by atoms with E-state index in [4.69, 9.17) is 5.73 Å². The monoisotopic (exact) mass is 501 g/mol. The number of carbonyl (C=O) groups excluding carboxylic acids is 2. The first-order valence-electron chi connectivity index (χ1n) is 10.9. The summed E-state index contributed by atoms with van der Waals surface area (Å²) in [5.41, 5.74) is 4.46. The number of anilines is 2. The fourth-order valence-corrected chi connectivity index (χ4v) is 4.07. The zero-order valence-electron chi connectivity index (χ0n) is 18.6. The van der Waals surface area contributed by atoms with Gasteiger partial charge in [0.25, 0.3) is 11.8 Å². The number of H-pyrrole nitrogens is 1. The van der Waals surface area contributed by atoms with Crippen molar-refractivity contribution >= 4 is 34.2 Å². The maximum atomic E-state index is 14.8. The van der Waals surface area contributed by atoms with E-state index in [0.717, 1.165) is 23.6 Å². The first-order chi connectivity index (χ1) is 17.1. The number of hydrogen-bond acceptors (Lipinski definition) is 5. The van der Waals surface area contributed by atoms with E-state index in [1.54, 1.807) is 4.90 Å². The van der Waals surface area contributed by atoms with Gasteiger partial charge in [-0.25, -0.2) is 9.07 Å². The van der Waals surface area contributed by atoms with Crippen LogP contribution in [-0.4, -0.2) is 49.8 Å². The third-order valence-corrected chi connectivity index (χ3v) is 5.91. The number of likely N-dealkylation sites (tertiary alicyclic amines) is 1. The van der Waals surface area contributed by atoms with Crippen LogP contribution in [0.1, 0.15) is 39.4 Å². The molecule has 4 aromatic rings. The predicted molar refractivity (Wildman–Crippen MR) is 122 cm³/mol. The summed E-state index contributed by atoms with van der Waals surface area (Å²) in [5, 5.41) is 12.8. The van der Waals surface area contributed by atoms with Gasteiger partial charge >= 0.3 is 6.18 Å². The van der Waals surface area contributed by atoms with Gasteiger partial charge in [0.05, 0.1) is 16.9 Å². The lowest BCUT2D eigenvalue weighted by Crippen LogP contribution is -2.27. The molecule has 0 unspecified atom stereocenters. The van der Waals surface area contributed by atoms with Crippen LogP contribution in [0.15, 0.2) is 42.5 Å². The molecule has 0 spiro atoms. The Morgan fingerprint density at radius 2 is 1.81 bits per heavy atom. The fraction of sp³-hybridized carbons (Fsp3) is 0.217. The van der Waals surface area contributed by atoms with Gasteiger partial charge in [-0.2, -0.15) is 23.4 Å². The van der Waals surface area contributed by atoms with Crippen LogP contribution in [-0.2, 0) is 6.18 Å². The Morgan fingerprint density at radius 3 is 2.50 bits per heavy atom. The molecule has 13 heteroatoms. The summed E-state index contributed by atoms with van der Waals surface area (Å²) >= 11 is 0. The van der Waals surface area contributed by atoms with Crippen molar-refractivity contribution in [2.24, 2.45) is 0 Å². The number of carbonyl (C=O) groups is 2. The number of benzene rings is 2. The molecule has 2 aromatic carbocycles. The van der Waals surface area contributed by atoms with Crippen LogP contribution in [0.2, 0.25) is 0 Å². The highest BCUT2D eigenvalue weighted by atomic mass is 19.4. The number of nitrogens with zero attached hydrogens (tertiary/aromatic N) is 4. The number of aromatic amines is 1. The molecule has 186 valence electrons. The second kappa shape index (κ2) is 8.66. The number of aromatic nitrogens is 4. The van der Waals surface area contributed by atoms with Crippen LogP contribution in [0.4, 0.5) is 29.1 Å². The normalized spacial score (nSPS) is 13.9. The number of amides is 2. The first-order valence-corrected chi connectivity index (χ1v) is 10.9. The first kappa shape index (κ1) is 23.3. The quantitative estimate of drug-likeness (QED) is 0.365. The molecule has 2 aromatic heterocycles. The molecule has 2 amide bonds. The van der Waals surface area contributed by atoms with Crippen LogP contribution in [0.25, 0.3) is 16.6 Å². The summed E-state index contributed by atoms with van der Waals surface area (Å²) in [6, 6.07) is 8.50. The molecule has 1 aliphatic rings. The minimum Gasteiger partial charge on any atom is -0.382 e. The van der Waals surface area contributed by atoms with Gasteiger partial charge in [0.15, 0.2) is 11.5 Å². The van der Waals surface area contributed by atoms with Crippen molar-refractivity contribution < 1.29 is 27.2 Å². The van der Waals surface area contributed by atoms with Crippen molar-refractivity contribution in [2.75, 3.05) is 24.1 Å². The van der Waals surface area contributed by atoms with Gasteiger partial charge in [0, 0.05) is 30.1 Å². The van der Waals surface area contributed by atoms with Crippen LogP contribution in [0, 0.1) is 5.82 Å². The number of nitrogens with two attached hydrogens (primary N) is 1. The molecule has 36 heavy (non-hydrogen) atoms. The van der Waals surface area contributed by atoms with Gasteiger partial charge in [-0.15, -0.1) is 0 Å². The molecular formula is C23H19F4N7O2. The van der Waals surface area contributed by atoms with Gasteiger partial charge in [0.2, 0.25) is 0 Å². The summed E-state index contributed by atoms with van der Waals surface area (Å²) in [4.78, 5) is 27.1. The standard InChI is InChI=1S/C23H19F4N7O2/c24-15-9-12(22(36)33-7-1-2-8-33)3-5-17(15)29-21(35)18-11-19(23(25,26)27)32-34(18)13-4-6-16-14(10-13)20(28)31-30-16/h3-6,9-11H,1-2,7-8H2,(H,29,35)(H3,28,30,31). The van der Waals surface area contributed by atoms with Gasteiger partial charge in [-0.05, 0) is 49.2 Å². The van der Waals surface area contributed by atoms with Crippen molar-refractivity contribution in [1.29, 1.82) is 0 Å². The molecule has 0 aliphatic carbocycles. The smallest absolute Gasteiger partial charge is 0.382 e. The molecule has 1 aliphatic heterocycles. The highest BCUT2D eigenvalue weighted by Gasteiger charge is 2.36. The van der Waals surface area contributed by atoms with Crippen molar-refractivity contribution in [3.8, 4) is 5.69 Å². The Bertz CT molecular complexity index is 1490. The van der Waals surface area contributed by atoms with E-state index < -0.39 is 29.3 Å². The van der Waals surface area contributed by atoms with E-state index in [-0.39, 0.29) is 28.7 Å².